The van der Waals surface area contributed by atoms with Crippen LogP contribution in [0.4, 0.5) is 5.69 Å². The van der Waals surface area contributed by atoms with Crippen LogP contribution < -0.4 is 5.32 Å². The van der Waals surface area contributed by atoms with Crippen LogP contribution in [0.15, 0.2) is 41.4 Å². The zero-order valence-electron chi connectivity index (χ0n) is 13.3. The number of aliphatic imine (C=N–C) groups is 1. The quantitative estimate of drug-likeness (QED) is 0.802. The van der Waals surface area contributed by atoms with Gasteiger partial charge in [-0.2, -0.15) is 0 Å². The van der Waals surface area contributed by atoms with Gasteiger partial charge in [0.15, 0.2) is 0 Å². The van der Waals surface area contributed by atoms with Crippen LogP contribution in [0.3, 0.4) is 0 Å². The number of aryl methyl sites for hydroxylation is 1. The molecule has 0 bridgehead atoms. The van der Waals surface area contributed by atoms with Gasteiger partial charge in [0.05, 0.1) is 5.69 Å². The average Bonchev–Trinajstić information content (AvgIpc) is 2.71. The van der Waals surface area contributed by atoms with Gasteiger partial charge in [-0.25, -0.2) is 4.99 Å². The number of nitrogens with zero attached hydrogens (tertiary/aromatic N) is 2. The van der Waals surface area contributed by atoms with E-state index in [0.29, 0.717) is 0 Å². The van der Waals surface area contributed by atoms with Gasteiger partial charge in [-0.05, 0) is 36.2 Å². The largest absolute Gasteiger partial charge is 0.354 e. The van der Waals surface area contributed by atoms with E-state index < -0.39 is 0 Å². The molecule has 4 heteroatoms. The Morgan fingerprint density at radius 2 is 1.87 bits per heavy atom. The second-order valence-electron chi connectivity index (χ2n) is 6.28. The first-order chi connectivity index (χ1) is 11.2. The predicted molar refractivity (Wildman–Crippen MR) is 96.1 cm³/mol. The van der Waals surface area contributed by atoms with E-state index in [0.717, 1.165) is 49.1 Å². The molecule has 2 aromatic carbocycles. The number of amidine groups is 1. The Morgan fingerprint density at radius 3 is 2.70 bits per heavy atom. The number of hydrogen-bond acceptors (Lipinski definition) is 3. The Bertz CT molecular complexity index is 776. The molecular formula is C19H20ClN3. The van der Waals surface area contributed by atoms with Gasteiger partial charge in [-0.15, -0.1) is 0 Å². The lowest BCUT2D eigenvalue weighted by atomic mass is 9.97. The maximum Gasteiger partial charge on any atom is 0.136 e. The fraction of sp³-hybridized carbons (Fsp3) is 0.316. The average molecular weight is 326 g/mol. The van der Waals surface area contributed by atoms with Gasteiger partial charge in [0.2, 0.25) is 0 Å². The number of piperazine rings is 1. The van der Waals surface area contributed by atoms with Crippen LogP contribution in [0.5, 0.6) is 0 Å². The molecule has 2 aromatic rings. The molecule has 1 fully saturated rings. The smallest absolute Gasteiger partial charge is 0.136 e. The van der Waals surface area contributed by atoms with E-state index >= 15 is 0 Å². The van der Waals surface area contributed by atoms with Crippen LogP contribution >= 0.6 is 11.6 Å². The van der Waals surface area contributed by atoms with E-state index in [-0.39, 0.29) is 0 Å². The first-order valence-electron chi connectivity index (χ1n) is 8.13. The molecule has 1 saturated heterocycles. The molecule has 3 nitrogen and oxygen atoms in total. The molecule has 0 saturated carbocycles. The molecule has 23 heavy (non-hydrogen) atoms. The molecule has 1 N–H and O–H groups in total. The molecule has 2 heterocycles. The van der Waals surface area contributed by atoms with Gasteiger partial charge < -0.3 is 10.2 Å². The maximum absolute atomic E-state index is 6.21. The third-order valence-electron chi connectivity index (χ3n) is 4.57. The summed E-state index contributed by atoms with van der Waals surface area (Å²) in [6.07, 6.45) is 0.881. The molecule has 2 aliphatic heterocycles. The third-order valence-corrected chi connectivity index (χ3v) is 4.80. The highest BCUT2D eigenvalue weighted by molar-refractivity contribution is 6.30. The lowest BCUT2D eigenvalue weighted by molar-refractivity contribution is 0.358. The van der Waals surface area contributed by atoms with Crippen molar-refractivity contribution in [3.63, 3.8) is 0 Å². The van der Waals surface area contributed by atoms with Crippen molar-refractivity contribution < 1.29 is 0 Å². The molecule has 0 aromatic heterocycles. The number of halogens is 1. The fourth-order valence-electron chi connectivity index (χ4n) is 3.39. The van der Waals surface area contributed by atoms with Gasteiger partial charge in [-0.1, -0.05) is 35.4 Å². The van der Waals surface area contributed by atoms with Gasteiger partial charge in [0, 0.05) is 43.2 Å². The molecule has 0 aliphatic carbocycles. The summed E-state index contributed by atoms with van der Waals surface area (Å²) in [5.41, 5.74) is 6.12. The predicted octanol–water partition coefficient (Wildman–Crippen LogP) is 3.54. The Hall–Kier alpha value is -1.84. The molecular weight excluding hydrogens is 306 g/mol. The SMILES string of the molecule is Cc1ccc2c(c1)Cc1cc(Cl)ccc1N=C2N1CCNCC1. The second-order valence-corrected chi connectivity index (χ2v) is 6.72. The molecule has 0 spiro atoms. The third kappa shape index (κ3) is 2.87. The normalized spacial score (nSPS) is 17.1. The van der Waals surface area contributed by atoms with Crippen molar-refractivity contribution >= 4 is 23.1 Å². The fourth-order valence-corrected chi connectivity index (χ4v) is 3.58. The maximum atomic E-state index is 6.21. The van der Waals surface area contributed by atoms with Crippen molar-refractivity contribution in [3.8, 4) is 0 Å². The van der Waals surface area contributed by atoms with E-state index in [1.165, 1.54) is 22.3 Å². The van der Waals surface area contributed by atoms with E-state index in [1.54, 1.807) is 0 Å². The van der Waals surface area contributed by atoms with Crippen LogP contribution in [0.1, 0.15) is 22.3 Å². The lowest BCUT2D eigenvalue weighted by Crippen LogP contribution is -2.46. The minimum atomic E-state index is 0.777. The van der Waals surface area contributed by atoms with Crippen molar-refractivity contribution in [2.75, 3.05) is 26.2 Å². The van der Waals surface area contributed by atoms with Gasteiger partial charge in [0.25, 0.3) is 0 Å². The summed E-state index contributed by atoms with van der Waals surface area (Å²) < 4.78 is 0. The van der Waals surface area contributed by atoms with Crippen molar-refractivity contribution in [1.82, 2.24) is 10.2 Å². The van der Waals surface area contributed by atoms with E-state index in [1.807, 2.05) is 18.2 Å². The summed E-state index contributed by atoms with van der Waals surface area (Å²) in [6.45, 7) is 6.15. The van der Waals surface area contributed by atoms with Crippen LogP contribution in [0.25, 0.3) is 0 Å². The summed E-state index contributed by atoms with van der Waals surface area (Å²) in [4.78, 5) is 7.43. The second kappa shape index (κ2) is 5.99. The molecule has 4 rings (SSSR count). The number of benzene rings is 2. The van der Waals surface area contributed by atoms with Crippen LogP contribution in [-0.4, -0.2) is 36.9 Å². The summed E-state index contributed by atoms with van der Waals surface area (Å²) in [5.74, 6) is 1.10. The number of rotatable bonds is 0. The highest BCUT2D eigenvalue weighted by Gasteiger charge is 2.22. The zero-order valence-corrected chi connectivity index (χ0v) is 14.0. The number of fused-ring (bicyclic) bond motifs is 2. The van der Waals surface area contributed by atoms with Crippen molar-refractivity contribution in [1.29, 1.82) is 0 Å². The van der Waals surface area contributed by atoms with Crippen molar-refractivity contribution in [2.45, 2.75) is 13.3 Å². The molecule has 0 unspecified atom stereocenters. The minimum Gasteiger partial charge on any atom is -0.354 e. The zero-order chi connectivity index (χ0) is 15.8. The first-order valence-corrected chi connectivity index (χ1v) is 8.51. The molecule has 0 amide bonds. The summed E-state index contributed by atoms with van der Waals surface area (Å²) in [6, 6.07) is 12.7. The molecule has 0 atom stereocenters. The van der Waals surface area contributed by atoms with E-state index in [4.69, 9.17) is 16.6 Å². The van der Waals surface area contributed by atoms with Crippen molar-refractivity contribution in [3.05, 3.63) is 63.7 Å². The van der Waals surface area contributed by atoms with Gasteiger partial charge in [0.1, 0.15) is 5.84 Å². The van der Waals surface area contributed by atoms with Crippen LogP contribution in [-0.2, 0) is 6.42 Å². The Kier molecular flexibility index (Phi) is 3.83. The summed E-state index contributed by atoms with van der Waals surface area (Å²) >= 11 is 6.21. The molecule has 118 valence electrons. The number of hydrogen-bond donors (Lipinski definition) is 1. The monoisotopic (exact) mass is 325 g/mol. The van der Waals surface area contributed by atoms with Crippen LogP contribution in [0, 0.1) is 6.92 Å². The standard InChI is InChI=1S/C19H20ClN3/c1-13-2-4-17-14(10-13)11-15-12-16(20)3-5-18(15)22-19(17)23-8-6-21-7-9-23/h2-5,10,12,21H,6-9,11H2,1H3. The summed E-state index contributed by atoms with van der Waals surface area (Å²) in [5, 5.41) is 4.19. The van der Waals surface area contributed by atoms with Crippen molar-refractivity contribution in [2.24, 2.45) is 4.99 Å². The van der Waals surface area contributed by atoms with E-state index in [2.05, 4.69) is 35.3 Å². The van der Waals surface area contributed by atoms with Gasteiger partial charge >= 0.3 is 0 Å². The minimum absolute atomic E-state index is 0.777. The molecule has 2 aliphatic rings. The molecule has 0 radical (unpaired) electrons. The Balaban J connectivity index is 1.88. The first kappa shape index (κ1) is 14.7. The summed E-state index contributed by atoms with van der Waals surface area (Å²) in [7, 11) is 0. The topological polar surface area (TPSA) is 27.6 Å². The van der Waals surface area contributed by atoms with E-state index in [9.17, 15) is 0 Å². The van der Waals surface area contributed by atoms with Crippen LogP contribution in [0.2, 0.25) is 5.02 Å². The lowest BCUT2D eigenvalue weighted by Gasteiger charge is -2.31. The number of nitrogens with one attached hydrogen (secondary N) is 1. The highest BCUT2D eigenvalue weighted by atomic mass is 35.5. The highest BCUT2D eigenvalue weighted by Crippen LogP contribution is 2.32. The van der Waals surface area contributed by atoms with Gasteiger partial charge in [-0.3, -0.25) is 0 Å². The Labute approximate surface area is 142 Å². The Morgan fingerprint density at radius 1 is 1.04 bits per heavy atom.